The molecule has 1 atom stereocenters. The molecule has 1 saturated heterocycles. The first kappa shape index (κ1) is 14.9. The van der Waals surface area contributed by atoms with Crippen LogP contribution in [0.2, 0.25) is 0 Å². The van der Waals surface area contributed by atoms with Crippen LogP contribution in [0.1, 0.15) is 43.2 Å². The Morgan fingerprint density at radius 2 is 2.10 bits per heavy atom. The molecular weight excluding hydrogens is 258 g/mol. The third kappa shape index (κ3) is 3.41. The Bertz CT molecular complexity index is 470. The molecule has 3 rings (SSSR count). The summed E-state index contributed by atoms with van der Waals surface area (Å²) in [5, 5.41) is 0. The van der Waals surface area contributed by atoms with Crippen LogP contribution >= 0.6 is 0 Å². The Hall–Kier alpha value is -1.06. The lowest BCUT2D eigenvalue weighted by molar-refractivity contribution is 0.134. The highest BCUT2D eigenvalue weighted by Gasteiger charge is 2.22. The molecular formula is C18H29N3. The van der Waals surface area contributed by atoms with Crippen LogP contribution in [-0.4, -0.2) is 37.6 Å². The summed E-state index contributed by atoms with van der Waals surface area (Å²) in [5.41, 5.74) is 10.2. The molecule has 21 heavy (non-hydrogen) atoms. The van der Waals surface area contributed by atoms with E-state index in [4.69, 9.17) is 5.73 Å². The summed E-state index contributed by atoms with van der Waals surface area (Å²) in [6, 6.07) is 7.79. The van der Waals surface area contributed by atoms with Crippen molar-refractivity contribution in [3.05, 3.63) is 29.3 Å². The number of fused-ring (bicyclic) bond motifs is 1. The van der Waals surface area contributed by atoms with E-state index in [2.05, 4.69) is 35.0 Å². The van der Waals surface area contributed by atoms with Gasteiger partial charge in [0, 0.05) is 31.9 Å². The Morgan fingerprint density at radius 1 is 1.19 bits per heavy atom. The molecule has 0 aromatic heterocycles. The van der Waals surface area contributed by atoms with Crippen molar-refractivity contribution < 1.29 is 0 Å². The van der Waals surface area contributed by atoms with Gasteiger partial charge in [0.25, 0.3) is 0 Å². The average molecular weight is 287 g/mol. The maximum atomic E-state index is 5.79. The average Bonchev–Trinajstić information content (AvgIpc) is 2.50. The molecule has 2 heterocycles. The van der Waals surface area contributed by atoms with Crippen molar-refractivity contribution in [2.75, 3.05) is 31.6 Å². The van der Waals surface area contributed by atoms with Crippen molar-refractivity contribution in [1.82, 2.24) is 4.90 Å². The second-order valence-electron chi connectivity index (χ2n) is 6.69. The summed E-state index contributed by atoms with van der Waals surface area (Å²) in [4.78, 5) is 5.05. The number of nitrogens with zero attached hydrogens (tertiary/aromatic N) is 2. The standard InChI is InChI=1S/C18H29N3/c1-20-11-4-5-16-13-15(7-8-18(16)20)14-21-12-3-2-6-17(21)9-10-19/h7-8,13,17H,2-6,9-12,14,19H2,1H3. The van der Waals surface area contributed by atoms with E-state index in [0.717, 1.165) is 19.5 Å². The highest BCUT2D eigenvalue weighted by Crippen LogP contribution is 2.28. The molecule has 1 unspecified atom stereocenters. The highest BCUT2D eigenvalue weighted by molar-refractivity contribution is 5.56. The maximum Gasteiger partial charge on any atom is 0.0396 e. The monoisotopic (exact) mass is 287 g/mol. The van der Waals surface area contributed by atoms with E-state index in [1.807, 2.05) is 0 Å². The summed E-state index contributed by atoms with van der Waals surface area (Å²) in [6.07, 6.45) is 7.70. The molecule has 116 valence electrons. The van der Waals surface area contributed by atoms with E-state index in [-0.39, 0.29) is 0 Å². The van der Waals surface area contributed by atoms with E-state index in [9.17, 15) is 0 Å². The molecule has 0 radical (unpaired) electrons. The molecule has 1 fully saturated rings. The van der Waals surface area contributed by atoms with Gasteiger partial charge in [-0.3, -0.25) is 4.90 Å². The van der Waals surface area contributed by atoms with Crippen molar-refractivity contribution in [2.24, 2.45) is 5.73 Å². The zero-order chi connectivity index (χ0) is 14.7. The summed E-state index contributed by atoms with van der Waals surface area (Å²) < 4.78 is 0. The summed E-state index contributed by atoms with van der Waals surface area (Å²) >= 11 is 0. The second-order valence-corrected chi connectivity index (χ2v) is 6.69. The van der Waals surface area contributed by atoms with Crippen LogP contribution in [0, 0.1) is 0 Å². The third-order valence-electron chi connectivity index (χ3n) is 5.13. The minimum absolute atomic E-state index is 0.697. The lowest BCUT2D eigenvalue weighted by atomic mass is 9.96. The van der Waals surface area contributed by atoms with Gasteiger partial charge in [0.05, 0.1) is 0 Å². The molecule has 0 bridgehead atoms. The van der Waals surface area contributed by atoms with Crippen LogP contribution in [0.5, 0.6) is 0 Å². The van der Waals surface area contributed by atoms with Crippen molar-refractivity contribution in [3.8, 4) is 0 Å². The SMILES string of the molecule is CN1CCCc2cc(CN3CCCCC3CCN)ccc21. The van der Waals surface area contributed by atoms with E-state index in [1.54, 1.807) is 0 Å². The van der Waals surface area contributed by atoms with Gasteiger partial charge in [-0.15, -0.1) is 0 Å². The molecule has 1 aromatic carbocycles. The molecule has 0 amide bonds. The molecule has 3 heteroatoms. The van der Waals surface area contributed by atoms with Crippen LogP contribution < -0.4 is 10.6 Å². The number of rotatable bonds is 4. The van der Waals surface area contributed by atoms with Gasteiger partial charge in [-0.2, -0.15) is 0 Å². The van der Waals surface area contributed by atoms with Crippen LogP contribution in [0.15, 0.2) is 18.2 Å². The fraction of sp³-hybridized carbons (Fsp3) is 0.667. The number of hydrogen-bond acceptors (Lipinski definition) is 3. The van der Waals surface area contributed by atoms with E-state index in [0.29, 0.717) is 6.04 Å². The molecule has 2 aliphatic rings. The van der Waals surface area contributed by atoms with E-state index < -0.39 is 0 Å². The number of aryl methyl sites for hydroxylation is 1. The van der Waals surface area contributed by atoms with Crippen molar-refractivity contribution >= 4 is 5.69 Å². The Balaban J connectivity index is 1.72. The fourth-order valence-electron chi connectivity index (χ4n) is 3.96. The van der Waals surface area contributed by atoms with Gasteiger partial charge in [0.2, 0.25) is 0 Å². The largest absolute Gasteiger partial charge is 0.374 e. The first-order valence-corrected chi connectivity index (χ1v) is 8.55. The minimum atomic E-state index is 0.697. The zero-order valence-corrected chi connectivity index (χ0v) is 13.4. The number of piperidine rings is 1. The lowest BCUT2D eigenvalue weighted by Crippen LogP contribution is -2.40. The van der Waals surface area contributed by atoms with Crippen LogP contribution in [-0.2, 0) is 13.0 Å². The molecule has 3 nitrogen and oxygen atoms in total. The molecule has 2 N–H and O–H groups in total. The molecule has 1 aromatic rings. The summed E-state index contributed by atoms with van der Waals surface area (Å²) in [5.74, 6) is 0. The second kappa shape index (κ2) is 6.80. The predicted octanol–water partition coefficient (Wildman–Crippen LogP) is 2.77. The first-order valence-electron chi connectivity index (χ1n) is 8.55. The van der Waals surface area contributed by atoms with Gasteiger partial charge in [0.1, 0.15) is 0 Å². The van der Waals surface area contributed by atoms with Crippen LogP contribution in [0.3, 0.4) is 0 Å². The fourth-order valence-corrected chi connectivity index (χ4v) is 3.96. The molecule has 0 saturated carbocycles. The number of benzene rings is 1. The summed E-state index contributed by atoms with van der Waals surface area (Å²) in [6.45, 7) is 4.34. The number of hydrogen-bond donors (Lipinski definition) is 1. The van der Waals surface area contributed by atoms with Crippen molar-refractivity contribution in [1.29, 1.82) is 0 Å². The predicted molar refractivity (Wildman–Crippen MR) is 89.8 cm³/mol. The topological polar surface area (TPSA) is 32.5 Å². The Kier molecular flexibility index (Phi) is 4.81. The quantitative estimate of drug-likeness (QED) is 0.924. The van der Waals surface area contributed by atoms with Gasteiger partial charge in [-0.1, -0.05) is 18.6 Å². The van der Waals surface area contributed by atoms with Crippen LogP contribution in [0.4, 0.5) is 5.69 Å². The molecule has 0 aliphatic carbocycles. The normalized spacial score (nSPS) is 23.1. The Morgan fingerprint density at radius 3 is 2.95 bits per heavy atom. The minimum Gasteiger partial charge on any atom is -0.374 e. The van der Waals surface area contributed by atoms with Gasteiger partial charge in [0.15, 0.2) is 0 Å². The maximum absolute atomic E-state index is 5.79. The van der Waals surface area contributed by atoms with Gasteiger partial charge < -0.3 is 10.6 Å². The number of likely N-dealkylation sites (tertiary alicyclic amines) is 1. The lowest BCUT2D eigenvalue weighted by Gasteiger charge is -2.36. The van der Waals surface area contributed by atoms with Crippen LogP contribution in [0.25, 0.3) is 0 Å². The smallest absolute Gasteiger partial charge is 0.0396 e. The number of anilines is 1. The summed E-state index contributed by atoms with van der Waals surface area (Å²) in [7, 11) is 2.21. The molecule has 0 spiro atoms. The van der Waals surface area contributed by atoms with E-state index in [1.165, 1.54) is 62.0 Å². The molecule has 2 aliphatic heterocycles. The van der Waals surface area contributed by atoms with Crippen molar-refractivity contribution in [3.63, 3.8) is 0 Å². The third-order valence-corrected chi connectivity index (χ3v) is 5.13. The van der Waals surface area contributed by atoms with E-state index >= 15 is 0 Å². The van der Waals surface area contributed by atoms with Gasteiger partial charge in [-0.25, -0.2) is 0 Å². The first-order chi connectivity index (χ1) is 10.3. The van der Waals surface area contributed by atoms with Crippen molar-refractivity contribution in [2.45, 2.75) is 51.1 Å². The zero-order valence-electron chi connectivity index (χ0n) is 13.4. The van der Waals surface area contributed by atoms with Gasteiger partial charge >= 0.3 is 0 Å². The van der Waals surface area contributed by atoms with Gasteiger partial charge in [-0.05, 0) is 62.4 Å². The Labute approximate surface area is 129 Å². The number of nitrogens with two attached hydrogens (primary N) is 1. The highest BCUT2D eigenvalue weighted by atomic mass is 15.2.